The van der Waals surface area contributed by atoms with Gasteiger partial charge in [-0.3, -0.25) is 14.7 Å². The zero-order chi connectivity index (χ0) is 19.3. The lowest BCUT2D eigenvalue weighted by molar-refractivity contribution is -0.131. The Bertz CT molecular complexity index is 820. The number of rotatable bonds is 5. The first-order valence-electron chi connectivity index (χ1n) is 10.2. The van der Waals surface area contributed by atoms with Crippen LogP contribution in [-0.2, 0) is 4.79 Å². The highest BCUT2D eigenvalue weighted by molar-refractivity contribution is 5.78. The van der Waals surface area contributed by atoms with Gasteiger partial charge in [0.05, 0.1) is 31.2 Å². The monoisotopic (exact) mass is 380 g/mol. The second kappa shape index (κ2) is 8.69. The van der Waals surface area contributed by atoms with E-state index in [4.69, 9.17) is 9.72 Å². The van der Waals surface area contributed by atoms with Crippen LogP contribution in [0.4, 0.5) is 0 Å². The first-order valence-corrected chi connectivity index (χ1v) is 10.2. The number of likely N-dealkylation sites (tertiary alicyclic amines) is 2. The minimum absolute atomic E-state index is 0.273. The number of carbonyl (C=O) groups excluding carboxylic acids is 1. The number of carbonyl (C=O) groups is 1. The Hall–Kier alpha value is -2.47. The van der Waals surface area contributed by atoms with Crippen molar-refractivity contribution in [2.24, 2.45) is 0 Å². The molecule has 1 aromatic carbocycles. The molecule has 1 amide bonds. The molecule has 0 unspecified atom stereocenters. The van der Waals surface area contributed by atoms with Crippen LogP contribution < -0.4 is 4.74 Å². The highest BCUT2D eigenvalue weighted by Crippen LogP contribution is 2.28. The summed E-state index contributed by atoms with van der Waals surface area (Å²) >= 11 is 0. The number of hydrogen-bond acceptors (Lipinski definition) is 5. The predicted molar refractivity (Wildman–Crippen MR) is 108 cm³/mol. The van der Waals surface area contributed by atoms with Crippen molar-refractivity contribution in [1.82, 2.24) is 19.8 Å². The summed E-state index contributed by atoms with van der Waals surface area (Å²) in [5, 5.41) is 0. The molecule has 0 N–H and O–H groups in total. The molecule has 0 bridgehead atoms. The average molecular weight is 380 g/mol. The van der Waals surface area contributed by atoms with Gasteiger partial charge in [0.15, 0.2) is 0 Å². The Morgan fingerprint density at radius 3 is 2.86 bits per heavy atom. The Morgan fingerprint density at radius 1 is 1.18 bits per heavy atom. The van der Waals surface area contributed by atoms with Gasteiger partial charge in [0, 0.05) is 37.3 Å². The van der Waals surface area contributed by atoms with Crippen LogP contribution in [0.5, 0.6) is 5.75 Å². The summed E-state index contributed by atoms with van der Waals surface area (Å²) in [4.78, 5) is 26.1. The number of piperidine rings is 1. The third-order valence-electron chi connectivity index (χ3n) is 5.76. The van der Waals surface area contributed by atoms with Gasteiger partial charge in [0.2, 0.25) is 5.91 Å². The summed E-state index contributed by atoms with van der Waals surface area (Å²) in [7, 11) is 1.67. The van der Waals surface area contributed by atoms with Gasteiger partial charge in [-0.15, -0.1) is 0 Å². The molecule has 0 radical (unpaired) electrons. The van der Waals surface area contributed by atoms with E-state index in [9.17, 15) is 4.79 Å². The molecular weight excluding hydrogens is 352 g/mol. The molecule has 0 saturated carbocycles. The van der Waals surface area contributed by atoms with E-state index in [1.54, 1.807) is 13.3 Å². The molecule has 2 aliphatic rings. The number of aromatic nitrogens is 2. The van der Waals surface area contributed by atoms with Crippen molar-refractivity contribution in [2.75, 3.05) is 39.8 Å². The molecule has 2 fully saturated rings. The Balaban J connectivity index is 1.45. The van der Waals surface area contributed by atoms with Crippen LogP contribution in [0, 0.1) is 0 Å². The second-order valence-electron chi connectivity index (χ2n) is 7.72. The minimum Gasteiger partial charge on any atom is -0.497 e. The third-order valence-corrected chi connectivity index (χ3v) is 5.76. The fourth-order valence-corrected chi connectivity index (χ4v) is 4.20. The summed E-state index contributed by atoms with van der Waals surface area (Å²) in [6.45, 7) is 4.22. The van der Waals surface area contributed by atoms with Crippen molar-refractivity contribution in [3.63, 3.8) is 0 Å². The van der Waals surface area contributed by atoms with Crippen LogP contribution in [0.25, 0.3) is 11.3 Å². The van der Waals surface area contributed by atoms with Crippen molar-refractivity contribution in [3.8, 4) is 17.0 Å². The number of benzene rings is 1. The standard InChI is InChI=1S/C22H28N4O2/c1-28-19-8-4-6-17(12-19)20-13-23-14-21(24-20)18-7-5-9-25(15-18)16-22(27)26-10-2-3-11-26/h4,6,8,12-14,18H,2-3,5,7,9-11,15-16H2,1H3/t18-/m1/s1. The highest BCUT2D eigenvalue weighted by atomic mass is 16.5. The fraction of sp³-hybridized carbons (Fsp3) is 0.500. The second-order valence-corrected chi connectivity index (χ2v) is 7.72. The Labute approximate surface area is 166 Å². The molecule has 1 atom stereocenters. The van der Waals surface area contributed by atoms with E-state index in [0.29, 0.717) is 12.5 Å². The van der Waals surface area contributed by atoms with Gasteiger partial charge >= 0.3 is 0 Å². The first-order chi connectivity index (χ1) is 13.7. The largest absolute Gasteiger partial charge is 0.497 e. The molecule has 6 nitrogen and oxygen atoms in total. The van der Waals surface area contributed by atoms with E-state index in [2.05, 4.69) is 9.88 Å². The minimum atomic E-state index is 0.273. The zero-order valence-corrected chi connectivity index (χ0v) is 16.5. The van der Waals surface area contributed by atoms with E-state index >= 15 is 0 Å². The summed E-state index contributed by atoms with van der Waals surface area (Å²) in [6, 6.07) is 7.90. The van der Waals surface area contributed by atoms with Crippen molar-refractivity contribution < 1.29 is 9.53 Å². The van der Waals surface area contributed by atoms with Crippen LogP contribution >= 0.6 is 0 Å². The summed E-state index contributed by atoms with van der Waals surface area (Å²) < 4.78 is 5.33. The molecule has 148 valence electrons. The van der Waals surface area contributed by atoms with Crippen molar-refractivity contribution in [1.29, 1.82) is 0 Å². The van der Waals surface area contributed by atoms with Gasteiger partial charge in [-0.05, 0) is 44.4 Å². The smallest absolute Gasteiger partial charge is 0.236 e. The normalized spacial score (nSPS) is 20.3. The van der Waals surface area contributed by atoms with E-state index < -0.39 is 0 Å². The van der Waals surface area contributed by atoms with Gasteiger partial charge in [-0.2, -0.15) is 0 Å². The quantitative estimate of drug-likeness (QED) is 0.798. The van der Waals surface area contributed by atoms with Crippen LogP contribution in [-0.4, -0.2) is 65.5 Å². The predicted octanol–water partition coefficient (Wildman–Crippen LogP) is 2.95. The Kier molecular flexibility index (Phi) is 5.86. The number of amides is 1. The number of methoxy groups -OCH3 is 1. The maximum Gasteiger partial charge on any atom is 0.236 e. The molecule has 2 aliphatic heterocycles. The molecule has 28 heavy (non-hydrogen) atoms. The van der Waals surface area contributed by atoms with Gasteiger partial charge in [0.1, 0.15) is 5.75 Å². The van der Waals surface area contributed by atoms with Crippen LogP contribution in [0.2, 0.25) is 0 Å². The van der Waals surface area contributed by atoms with E-state index in [0.717, 1.165) is 74.6 Å². The molecule has 0 spiro atoms. The molecule has 2 aromatic rings. The molecule has 2 saturated heterocycles. The molecule has 1 aromatic heterocycles. The van der Waals surface area contributed by atoms with E-state index in [1.165, 1.54) is 0 Å². The SMILES string of the molecule is COc1cccc(-c2cncc([C@@H]3CCCN(CC(=O)N4CCCC4)C3)n2)c1. The summed E-state index contributed by atoms with van der Waals surface area (Å²) in [5.41, 5.74) is 2.88. The van der Waals surface area contributed by atoms with Crippen molar-refractivity contribution in [3.05, 3.63) is 42.4 Å². The fourth-order valence-electron chi connectivity index (χ4n) is 4.20. The maximum atomic E-state index is 12.5. The highest BCUT2D eigenvalue weighted by Gasteiger charge is 2.26. The molecule has 0 aliphatic carbocycles. The topological polar surface area (TPSA) is 58.6 Å². The van der Waals surface area contributed by atoms with Gasteiger partial charge in [0.25, 0.3) is 0 Å². The molecule has 6 heteroatoms. The lowest BCUT2D eigenvalue weighted by Crippen LogP contribution is -2.43. The zero-order valence-electron chi connectivity index (χ0n) is 16.5. The third kappa shape index (κ3) is 4.33. The van der Waals surface area contributed by atoms with E-state index in [1.807, 2.05) is 35.4 Å². The summed E-state index contributed by atoms with van der Waals surface area (Å²) in [6.07, 6.45) is 8.13. The van der Waals surface area contributed by atoms with Crippen LogP contribution in [0.15, 0.2) is 36.7 Å². The number of ether oxygens (including phenoxy) is 1. The molecule has 4 rings (SSSR count). The lowest BCUT2D eigenvalue weighted by Gasteiger charge is -2.33. The number of hydrogen-bond donors (Lipinski definition) is 0. The average Bonchev–Trinajstić information content (AvgIpc) is 3.29. The summed E-state index contributed by atoms with van der Waals surface area (Å²) in [5.74, 6) is 1.40. The molecule has 3 heterocycles. The van der Waals surface area contributed by atoms with Crippen LogP contribution in [0.3, 0.4) is 0 Å². The lowest BCUT2D eigenvalue weighted by atomic mass is 9.94. The van der Waals surface area contributed by atoms with Crippen LogP contribution in [0.1, 0.15) is 37.3 Å². The first kappa shape index (κ1) is 18.9. The van der Waals surface area contributed by atoms with Gasteiger partial charge < -0.3 is 9.64 Å². The number of nitrogens with zero attached hydrogens (tertiary/aromatic N) is 4. The van der Waals surface area contributed by atoms with Crippen molar-refractivity contribution in [2.45, 2.75) is 31.6 Å². The maximum absolute atomic E-state index is 12.5. The van der Waals surface area contributed by atoms with Crippen molar-refractivity contribution >= 4 is 5.91 Å². The molecular formula is C22H28N4O2. The van der Waals surface area contributed by atoms with Gasteiger partial charge in [-0.1, -0.05) is 12.1 Å². The van der Waals surface area contributed by atoms with Gasteiger partial charge in [-0.25, -0.2) is 4.98 Å². The Morgan fingerprint density at radius 2 is 2.04 bits per heavy atom. The van der Waals surface area contributed by atoms with E-state index in [-0.39, 0.29) is 5.91 Å².